The van der Waals surface area contributed by atoms with Gasteiger partial charge in [0.2, 0.25) is 0 Å². The zero-order valence-electron chi connectivity index (χ0n) is 15.1. The van der Waals surface area contributed by atoms with Gasteiger partial charge in [0.1, 0.15) is 0 Å². The number of aryl methyl sites for hydroxylation is 1. The molecule has 3 aromatic rings. The van der Waals surface area contributed by atoms with Gasteiger partial charge in [-0.1, -0.05) is 22.9 Å². The van der Waals surface area contributed by atoms with Crippen LogP contribution in [-0.4, -0.2) is 25.6 Å². The van der Waals surface area contributed by atoms with Crippen molar-refractivity contribution in [1.29, 1.82) is 0 Å². The van der Waals surface area contributed by atoms with Gasteiger partial charge in [-0.2, -0.15) is 0 Å². The van der Waals surface area contributed by atoms with Crippen LogP contribution in [0.25, 0.3) is 10.2 Å². The van der Waals surface area contributed by atoms with E-state index in [0.29, 0.717) is 16.8 Å². The van der Waals surface area contributed by atoms with E-state index in [1.165, 1.54) is 30.3 Å². The molecule has 148 valence electrons. The summed E-state index contributed by atoms with van der Waals surface area (Å²) in [5.41, 5.74) is 1.05. The van der Waals surface area contributed by atoms with E-state index in [0.717, 1.165) is 11.3 Å². The lowest BCUT2D eigenvalue weighted by Crippen LogP contribution is -2.13. The minimum absolute atomic E-state index is 0.0232. The van der Waals surface area contributed by atoms with Gasteiger partial charge in [0.25, 0.3) is 10.0 Å². The minimum Gasteiger partial charge on any atom is -0.462 e. The van der Waals surface area contributed by atoms with Crippen LogP contribution in [0.2, 0.25) is 5.02 Å². The monoisotopic (exact) mass is 440 g/mol. The Morgan fingerprint density at radius 2 is 1.96 bits per heavy atom. The van der Waals surface area contributed by atoms with E-state index in [1.807, 2.05) is 6.92 Å². The zero-order valence-corrected chi connectivity index (χ0v) is 17.5. The number of nitrogens with zero attached hydrogens (tertiary/aromatic N) is 1. The lowest BCUT2D eigenvalue weighted by Gasteiger charge is -2.10. The second-order valence-electron chi connectivity index (χ2n) is 5.76. The highest BCUT2D eigenvalue weighted by molar-refractivity contribution is 7.92. The number of rotatable bonds is 6. The predicted octanol–water partition coefficient (Wildman–Crippen LogP) is 3.71. The molecule has 0 aliphatic heterocycles. The summed E-state index contributed by atoms with van der Waals surface area (Å²) in [7, 11) is -3.90. The number of hydrogen-bond acceptors (Lipinski definition) is 6. The molecule has 10 heteroatoms. The predicted molar refractivity (Wildman–Crippen MR) is 110 cm³/mol. The average Bonchev–Trinajstić information content (AvgIpc) is 2.95. The largest absolute Gasteiger partial charge is 0.462 e. The van der Waals surface area contributed by atoms with Crippen molar-refractivity contribution >= 4 is 54.8 Å². The van der Waals surface area contributed by atoms with E-state index in [9.17, 15) is 18.0 Å². The number of benzene rings is 2. The highest BCUT2D eigenvalue weighted by atomic mass is 35.5. The molecule has 2 aromatic carbocycles. The second-order valence-corrected chi connectivity index (χ2v) is 8.85. The quantitative estimate of drug-likeness (QED) is 0.589. The van der Waals surface area contributed by atoms with E-state index < -0.39 is 16.0 Å². The van der Waals surface area contributed by atoms with Gasteiger partial charge in [-0.15, -0.1) is 0 Å². The van der Waals surface area contributed by atoms with Crippen LogP contribution < -0.4 is 9.60 Å². The summed E-state index contributed by atoms with van der Waals surface area (Å²) in [5, 5.41) is 0.0762. The molecule has 28 heavy (non-hydrogen) atoms. The number of aromatic nitrogens is 1. The first-order valence-corrected chi connectivity index (χ1v) is 11.1. The van der Waals surface area contributed by atoms with Gasteiger partial charge < -0.3 is 4.74 Å². The molecule has 0 spiro atoms. The van der Waals surface area contributed by atoms with Crippen LogP contribution in [0.5, 0.6) is 0 Å². The van der Waals surface area contributed by atoms with Crippen LogP contribution in [0.1, 0.15) is 24.2 Å². The molecule has 3 rings (SSSR count). The van der Waals surface area contributed by atoms with Gasteiger partial charge in [0.15, 0.2) is 0 Å². The van der Waals surface area contributed by atoms with Crippen molar-refractivity contribution in [2.75, 3.05) is 11.3 Å². The van der Waals surface area contributed by atoms with Crippen molar-refractivity contribution in [2.45, 2.75) is 25.3 Å². The van der Waals surface area contributed by atoms with E-state index in [1.54, 1.807) is 17.6 Å². The van der Waals surface area contributed by atoms with Crippen LogP contribution in [0.3, 0.4) is 0 Å². The number of carbonyl (C=O) groups excluding carboxylic acids is 1. The Kier molecular flexibility index (Phi) is 5.78. The molecule has 1 aromatic heterocycles. The SMILES string of the molecule is CCOC(=O)c1ccc(NS(=O)(=O)c2ccc3c(c2)sc(=O)n3CC)cc1Cl. The van der Waals surface area contributed by atoms with Crippen molar-refractivity contribution in [3.8, 4) is 0 Å². The van der Waals surface area contributed by atoms with Crippen molar-refractivity contribution < 1.29 is 17.9 Å². The van der Waals surface area contributed by atoms with Crippen LogP contribution >= 0.6 is 22.9 Å². The maximum absolute atomic E-state index is 12.7. The lowest BCUT2D eigenvalue weighted by atomic mass is 10.2. The van der Waals surface area contributed by atoms with E-state index in [-0.39, 0.29) is 32.6 Å². The average molecular weight is 441 g/mol. The number of fused-ring (bicyclic) bond motifs is 1. The molecule has 0 aliphatic rings. The fraction of sp³-hybridized carbons (Fsp3) is 0.222. The Balaban J connectivity index is 1.91. The first-order valence-electron chi connectivity index (χ1n) is 8.39. The Morgan fingerprint density at radius 1 is 1.21 bits per heavy atom. The summed E-state index contributed by atoms with van der Waals surface area (Å²) in [6.45, 7) is 4.24. The van der Waals surface area contributed by atoms with E-state index >= 15 is 0 Å². The molecular formula is C18H17ClN2O5S2. The summed E-state index contributed by atoms with van der Waals surface area (Å²) >= 11 is 7.07. The molecule has 1 heterocycles. The highest BCUT2D eigenvalue weighted by Gasteiger charge is 2.18. The van der Waals surface area contributed by atoms with Gasteiger partial charge >= 0.3 is 10.8 Å². The van der Waals surface area contributed by atoms with Gasteiger partial charge in [0.05, 0.1) is 38.0 Å². The fourth-order valence-electron chi connectivity index (χ4n) is 2.68. The summed E-state index contributed by atoms with van der Waals surface area (Å²) < 4.78 is 34.9. The molecule has 1 N–H and O–H groups in total. The number of thiazole rings is 1. The molecule has 0 bridgehead atoms. The third-order valence-corrected chi connectivity index (χ3v) is 6.62. The van der Waals surface area contributed by atoms with Crippen molar-refractivity contribution in [3.63, 3.8) is 0 Å². The Hall–Kier alpha value is -2.36. The van der Waals surface area contributed by atoms with Crippen molar-refractivity contribution in [3.05, 3.63) is 56.7 Å². The smallest absolute Gasteiger partial charge is 0.339 e. The first kappa shape index (κ1) is 20.4. The molecule has 0 atom stereocenters. The standard InChI is InChI=1S/C18H17ClN2O5S2/c1-3-21-15-8-6-12(10-16(15)27-18(21)23)28(24,25)20-11-5-7-13(14(19)9-11)17(22)26-4-2/h5-10,20H,3-4H2,1-2H3. The zero-order chi connectivity index (χ0) is 20.5. The number of anilines is 1. The number of hydrogen-bond donors (Lipinski definition) is 1. The van der Waals surface area contributed by atoms with Gasteiger partial charge in [0, 0.05) is 6.54 Å². The van der Waals surface area contributed by atoms with Gasteiger partial charge in [-0.3, -0.25) is 14.1 Å². The van der Waals surface area contributed by atoms with Crippen LogP contribution in [0.15, 0.2) is 46.1 Å². The van der Waals surface area contributed by atoms with Crippen molar-refractivity contribution in [2.24, 2.45) is 0 Å². The number of halogens is 1. The number of esters is 1. The van der Waals surface area contributed by atoms with Crippen LogP contribution in [0, 0.1) is 0 Å². The third-order valence-electron chi connectivity index (χ3n) is 3.98. The molecular weight excluding hydrogens is 424 g/mol. The Bertz CT molecular complexity index is 1210. The molecule has 0 saturated carbocycles. The molecule has 0 aliphatic carbocycles. The number of carbonyl (C=O) groups is 1. The summed E-state index contributed by atoms with van der Waals surface area (Å²) in [4.78, 5) is 23.6. The number of ether oxygens (including phenoxy) is 1. The minimum atomic E-state index is -3.90. The van der Waals surface area contributed by atoms with Crippen molar-refractivity contribution in [1.82, 2.24) is 4.57 Å². The number of sulfonamides is 1. The third kappa shape index (κ3) is 3.91. The van der Waals surface area contributed by atoms with Gasteiger partial charge in [-0.05, 0) is 50.2 Å². The molecule has 0 unspecified atom stereocenters. The van der Waals surface area contributed by atoms with Crippen LogP contribution in [-0.2, 0) is 21.3 Å². The molecule has 0 radical (unpaired) electrons. The van der Waals surface area contributed by atoms with Crippen LogP contribution in [0.4, 0.5) is 5.69 Å². The summed E-state index contributed by atoms with van der Waals surface area (Å²) in [6.07, 6.45) is 0. The first-order chi connectivity index (χ1) is 13.3. The number of nitrogens with one attached hydrogen (secondary N) is 1. The Labute approximate surface area is 170 Å². The summed E-state index contributed by atoms with van der Waals surface area (Å²) in [6, 6.07) is 8.69. The molecule has 7 nitrogen and oxygen atoms in total. The van der Waals surface area contributed by atoms with E-state index in [2.05, 4.69) is 4.72 Å². The maximum Gasteiger partial charge on any atom is 0.339 e. The molecule has 0 amide bonds. The fourth-order valence-corrected chi connectivity index (χ4v) is 5.08. The van der Waals surface area contributed by atoms with Gasteiger partial charge in [-0.25, -0.2) is 13.2 Å². The topological polar surface area (TPSA) is 94.5 Å². The Morgan fingerprint density at radius 3 is 2.61 bits per heavy atom. The second kappa shape index (κ2) is 7.94. The summed E-state index contributed by atoms with van der Waals surface area (Å²) in [5.74, 6) is -0.581. The maximum atomic E-state index is 12.7. The molecule has 0 fully saturated rings. The normalized spacial score (nSPS) is 11.5. The van der Waals surface area contributed by atoms with E-state index in [4.69, 9.17) is 16.3 Å². The highest BCUT2D eigenvalue weighted by Crippen LogP contribution is 2.26. The molecule has 0 saturated heterocycles. The lowest BCUT2D eigenvalue weighted by molar-refractivity contribution is 0.0526.